The van der Waals surface area contributed by atoms with Crippen LogP contribution in [-0.2, 0) is 4.74 Å². The van der Waals surface area contributed by atoms with Crippen LogP contribution in [0, 0.1) is 5.92 Å². The highest BCUT2D eigenvalue weighted by Gasteiger charge is 2.26. The number of hydrogen-bond donors (Lipinski definition) is 1. The lowest BCUT2D eigenvalue weighted by molar-refractivity contribution is 0.176. The van der Waals surface area contributed by atoms with Crippen LogP contribution >= 0.6 is 11.6 Å². The first-order chi connectivity index (χ1) is 8.31. The molecule has 94 valence electrons. The van der Waals surface area contributed by atoms with Crippen molar-refractivity contribution < 1.29 is 4.74 Å². The molecule has 1 fully saturated rings. The Balaban J connectivity index is 2.13. The minimum atomic E-state index is 0.371. The number of ether oxygens (including phenoxy) is 1. The summed E-state index contributed by atoms with van der Waals surface area (Å²) in [7, 11) is 0. The van der Waals surface area contributed by atoms with Crippen molar-refractivity contribution in [3.8, 4) is 0 Å². The van der Waals surface area contributed by atoms with Crippen LogP contribution in [0.25, 0.3) is 0 Å². The molecule has 0 aromatic heterocycles. The maximum atomic E-state index is 6.07. The molecular formula is C14H20ClNO. The van der Waals surface area contributed by atoms with E-state index in [-0.39, 0.29) is 0 Å². The van der Waals surface area contributed by atoms with Gasteiger partial charge >= 0.3 is 0 Å². The summed E-state index contributed by atoms with van der Waals surface area (Å²) in [4.78, 5) is 0. The molecule has 3 heteroatoms. The van der Waals surface area contributed by atoms with Crippen molar-refractivity contribution in [2.75, 3.05) is 19.8 Å². The van der Waals surface area contributed by atoms with Gasteiger partial charge in [-0.2, -0.15) is 0 Å². The van der Waals surface area contributed by atoms with Crippen molar-refractivity contribution in [1.82, 2.24) is 5.32 Å². The molecule has 1 aromatic rings. The Bertz CT molecular complexity index is 350. The maximum Gasteiger partial charge on any atom is 0.0513 e. The van der Waals surface area contributed by atoms with Crippen molar-refractivity contribution in [2.24, 2.45) is 5.92 Å². The van der Waals surface area contributed by atoms with E-state index >= 15 is 0 Å². The van der Waals surface area contributed by atoms with Crippen LogP contribution in [0.4, 0.5) is 0 Å². The molecule has 2 atom stereocenters. The van der Waals surface area contributed by atoms with E-state index < -0.39 is 0 Å². The van der Waals surface area contributed by atoms with Gasteiger partial charge < -0.3 is 10.1 Å². The van der Waals surface area contributed by atoms with Gasteiger partial charge in [0.2, 0.25) is 0 Å². The zero-order valence-corrected chi connectivity index (χ0v) is 11.0. The van der Waals surface area contributed by atoms with Crippen molar-refractivity contribution in [2.45, 2.75) is 25.8 Å². The lowest BCUT2D eigenvalue weighted by atomic mass is 9.92. The summed E-state index contributed by atoms with van der Waals surface area (Å²) in [6.45, 7) is 4.96. The molecule has 2 nitrogen and oxygen atoms in total. The normalized spacial score (nSPS) is 21.6. The van der Waals surface area contributed by atoms with Gasteiger partial charge in [-0.05, 0) is 37.1 Å². The summed E-state index contributed by atoms with van der Waals surface area (Å²) in [5.41, 5.74) is 1.28. The molecule has 0 radical (unpaired) electrons. The van der Waals surface area contributed by atoms with Crippen molar-refractivity contribution in [3.05, 3.63) is 34.9 Å². The van der Waals surface area contributed by atoms with E-state index in [2.05, 4.69) is 24.4 Å². The van der Waals surface area contributed by atoms with Gasteiger partial charge in [-0.1, -0.05) is 30.7 Å². The SMILES string of the molecule is CCCNC(c1cccc(Cl)c1)C1CCOC1. The molecule has 1 aliphatic heterocycles. The van der Waals surface area contributed by atoms with E-state index in [1.54, 1.807) is 0 Å². The first kappa shape index (κ1) is 12.9. The Morgan fingerprint density at radius 3 is 3.06 bits per heavy atom. The minimum Gasteiger partial charge on any atom is -0.381 e. The molecule has 1 N–H and O–H groups in total. The second kappa shape index (κ2) is 6.39. The third-order valence-electron chi connectivity index (χ3n) is 3.26. The lowest BCUT2D eigenvalue weighted by Gasteiger charge is -2.24. The summed E-state index contributed by atoms with van der Waals surface area (Å²) in [5, 5.41) is 4.43. The zero-order valence-electron chi connectivity index (χ0n) is 10.3. The van der Waals surface area contributed by atoms with Gasteiger partial charge in [0, 0.05) is 23.6 Å². The Morgan fingerprint density at radius 1 is 1.53 bits per heavy atom. The third-order valence-corrected chi connectivity index (χ3v) is 3.49. The molecule has 0 aliphatic carbocycles. The van der Waals surface area contributed by atoms with E-state index in [1.807, 2.05) is 12.1 Å². The number of halogens is 1. The van der Waals surface area contributed by atoms with Crippen molar-refractivity contribution in [1.29, 1.82) is 0 Å². The highest BCUT2D eigenvalue weighted by Crippen LogP contribution is 2.30. The quantitative estimate of drug-likeness (QED) is 0.868. The van der Waals surface area contributed by atoms with Gasteiger partial charge in [-0.25, -0.2) is 0 Å². The largest absolute Gasteiger partial charge is 0.381 e. The smallest absolute Gasteiger partial charge is 0.0513 e. The fraction of sp³-hybridized carbons (Fsp3) is 0.571. The fourth-order valence-electron chi connectivity index (χ4n) is 2.37. The second-order valence-corrected chi connectivity index (χ2v) is 5.05. The fourth-order valence-corrected chi connectivity index (χ4v) is 2.57. The maximum absolute atomic E-state index is 6.07. The predicted molar refractivity (Wildman–Crippen MR) is 71.4 cm³/mol. The van der Waals surface area contributed by atoms with Crippen LogP contribution in [0.1, 0.15) is 31.4 Å². The average molecular weight is 254 g/mol. The van der Waals surface area contributed by atoms with Crippen LogP contribution in [0.15, 0.2) is 24.3 Å². The van der Waals surface area contributed by atoms with Crippen LogP contribution in [0.2, 0.25) is 5.02 Å². The van der Waals surface area contributed by atoms with Crippen LogP contribution < -0.4 is 5.32 Å². The van der Waals surface area contributed by atoms with Crippen LogP contribution in [0.5, 0.6) is 0 Å². The summed E-state index contributed by atoms with van der Waals surface area (Å²) in [6, 6.07) is 8.53. The summed E-state index contributed by atoms with van der Waals surface area (Å²) in [5.74, 6) is 0.569. The standard InChI is InChI=1S/C14H20ClNO/c1-2-7-16-14(12-6-8-17-10-12)11-4-3-5-13(15)9-11/h3-5,9,12,14,16H,2,6-8,10H2,1H3. The molecule has 0 spiro atoms. The van der Waals surface area contributed by atoms with Gasteiger partial charge in [0.25, 0.3) is 0 Å². The lowest BCUT2D eigenvalue weighted by Crippen LogP contribution is -2.29. The summed E-state index contributed by atoms with van der Waals surface area (Å²) < 4.78 is 5.50. The number of nitrogens with one attached hydrogen (secondary N) is 1. The molecule has 0 saturated carbocycles. The summed E-state index contributed by atoms with van der Waals surface area (Å²) >= 11 is 6.07. The summed E-state index contributed by atoms with van der Waals surface area (Å²) in [6.07, 6.45) is 2.28. The number of rotatable bonds is 5. The molecule has 0 bridgehead atoms. The molecule has 0 amide bonds. The molecule has 1 saturated heterocycles. The molecule has 2 rings (SSSR count). The Kier molecular flexibility index (Phi) is 4.84. The van der Waals surface area contributed by atoms with Gasteiger partial charge in [-0.3, -0.25) is 0 Å². The topological polar surface area (TPSA) is 21.3 Å². The second-order valence-electron chi connectivity index (χ2n) is 4.61. The zero-order chi connectivity index (χ0) is 12.1. The highest BCUT2D eigenvalue weighted by molar-refractivity contribution is 6.30. The molecular weight excluding hydrogens is 234 g/mol. The highest BCUT2D eigenvalue weighted by atomic mass is 35.5. The van der Waals surface area contributed by atoms with Gasteiger partial charge in [-0.15, -0.1) is 0 Å². The van der Waals surface area contributed by atoms with Crippen LogP contribution in [0.3, 0.4) is 0 Å². The van der Waals surface area contributed by atoms with Crippen molar-refractivity contribution >= 4 is 11.6 Å². The van der Waals surface area contributed by atoms with Crippen LogP contribution in [-0.4, -0.2) is 19.8 Å². The Morgan fingerprint density at radius 2 is 2.41 bits per heavy atom. The molecule has 1 heterocycles. The van der Waals surface area contributed by atoms with E-state index in [0.29, 0.717) is 12.0 Å². The first-order valence-corrected chi connectivity index (χ1v) is 6.75. The average Bonchev–Trinajstić information content (AvgIpc) is 2.83. The number of benzene rings is 1. The molecule has 1 aliphatic rings. The van der Waals surface area contributed by atoms with E-state index in [1.165, 1.54) is 5.56 Å². The van der Waals surface area contributed by atoms with E-state index in [4.69, 9.17) is 16.3 Å². The van der Waals surface area contributed by atoms with Gasteiger partial charge in [0.15, 0.2) is 0 Å². The molecule has 2 unspecified atom stereocenters. The first-order valence-electron chi connectivity index (χ1n) is 6.38. The Hall–Kier alpha value is -0.570. The number of hydrogen-bond acceptors (Lipinski definition) is 2. The van der Waals surface area contributed by atoms with Gasteiger partial charge in [0.05, 0.1) is 6.61 Å². The van der Waals surface area contributed by atoms with E-state index in [9.17, 15) is 0 Å². The minimum absolute atomic E-state index is 0.371. The monoisotopic (exact) mass is 253 g/mol. The van der Waals surface area contributed by atoms with E-state index in [0.717, 1.165) is 37.6 Å². The molecule has 1 aromatic carbocycles. The van der Waals surface area contributed by atoms with Crippen molar-refractivity contribution in [3.63, 3.8) is 0 Å². The van der Waals surface area contributed by atoms with Gasteiger partial charge in [0.1, 0.15) is 0 Å². The molecule has 17 heavy (non-hydrogen) atoms. The predicted octanol–water partition coefficient (Wildman–Crippen LogP) is 3.42. The third kappa shape index (κ3) is 3.44. The Labute approximate surface area is 108 Å².